The molecule has 0 bridgehead atoms. The lowest BCUT2D eigenvalue weighted by molar-refractivity contribution is 0.159. The molecule has 10 nitrogen and oxygen atoms in total. The van der Waals surface area contributed by atoms with Crippen LogP contribution in [-0.4, -0.2) is 43.2 Å². The minimum absolute atomic E-state index is 0.0866. The van der Waals surface area contributed by atoms with Gasteiger partial charge in [-0.1, -0.05) is 23.2 Å². The summed E-state index contributed by atoms with van der Waals surface area (Å²) in [5.41, 5.74) is 0.498. The zero-order chi connectivity index (χ0) is 21.8. The van der Waals surface area contributed by atoms with Gasteiger partial charge in [-0.05, 0) is 19.1 Å². The summed E-state index contributed by atoms with van der Waals surface area (Å²) in [6.07, 6.45) is -0.635. The summed E-state index contributed by atoms with van der Waals surface area (Å²) in [6.45, 7) is 2.12. The number of carbonyl (C=O) groups excluding carboxylic acids is 2. The fourth-order valence-corrected chi connectivity index (χ4v) is 4.11. The molecule has 3 aromatic rings. The molecule has 2 N–H and O–H groups in total. The van der Waals surface area contributed by atoms with Crippen molar-refractivity contribution in [2.45, 2.75) is 20.0 Å². The Labute approximate surface area is 189 Å². The van der Waals surface area contributed by atoms with E-state index in [1.54, 1.807) is 20.0 Å². The lowest BCUT2D eigenvalue weighted by Crippen LogP contribution is -2.30. The minimum Gasteiger partial charge on any atom is -0.405 e. The van der Waals surface area contributed by atoms with Crippen LogP contribution in [0.3, 0.4) is 0 Å². The molecule has 0 saturated heterocycles. The molecular formula is C16H17Cl2N7O3S2. The number of anilines is 1. The van der Waals surface area contributed by atoms with Gasteiger partial charge in [0.15, 0.2) is 16.7 Å². The van der Waals surface area contributed by atoms with Crippen LogP contribution in [0.4, 0.5) is 14.7 Å². The van der Waals surface area contributed by atoms with Crippen molar-refractivity contribution in [3.63, 3.8) is 0 Å². The van der Waals surface area contributed by atoms with Crippen molar-refractivity contribution in [3.8, 4) is 5.75 Å². The number of aromatic nitrogens is 4. The van der Waals surface area contributed by atoms with Gasteiger partial charge in [0.05, 0.1) is 17.4 Å². The molecule has 0 fully saturated rings. The quantitative estimate of drug-likeness (QED) is 0.542. The van der Waals surface area contributed by atoms with E-state index in [1.165, 1.54) is 28.0 Å². The third-order valence-electron chi connectivity index (χ3n) is 3.72. The van der Waals surface area contributed by atoms with Gasteiger partial charge in [-0.2, -0.15) is 9.47 Å². The summed E-state index contributed by atoms with van der Waals surface area (Å²) in [5.74, 6) is 0.558. The van der Waals surface area contributed by atoms with Crippen LogP contribution < -0.4 is 15.4 Å². The summed E-state index contributed by atoms with van der Waals surface area (Å²) in [4.78, 5) is 30.7. The number of halogens is 2. The molecule has 0 aromatic carbocycles. The van der Waals surface area contributed by atoms with Crippen molar-refractivity contribution in [1.29, 1.82) is 0 Å². The van der Waals surface area contributed by atoms with E-state index >= 15 is 0 Å². The van der Waals surface area contributed by atoms with Crippen molar-refractivity contribution in [2.24, 2.45) is 7.05 Å². The summed E-state index contributed by atoms with van der Waals surface area (Å²) < 4.78 is 11.5. The Morgan fingerprint density at radius 1 is 1.33 bits per heavy atom. The van der Waals surface area contributed by atoms with Gasteiger partial charge in [-0.15, -0.1) is 11.3 Å². The number of nitrogens with one attached hydrogen (secondary N) is 2. The van der Waals surface area contributed by atoms with Gasteiger partial charge in [0, 0.05) is 30.5 Å². The third-order valence-corrected chi connectivity index (χ3v) is 6.04. The molecule has 0 saturated carbocycles. The monoisotopic (exact) mass is 489 g/mol. The molecule has 0 atom stereocenters. The number of hydrogen-bond acceptors (Lipinski definition) is 8. The second-order valence-electron chi connectivity index (χ2n) is 6.08. The summed E-state index contributed by atoms with van der Waals surface area (Å²) in [6, 6.07) is 3.19. The molecule has 14 heteroatoms. The van der Waals surface area contributed by atoms with Crippen molar-refractivity contribution in [3.05, 3.63) is 38.0 Å². The lowest BCUT2D eigenvalue weighted by atomic mass is 10.4. The van der Waals surface area contributed by atoms with Crippen molar-refractivity contribution in [1.82, 2.24) is 29.4 Å². The molecular weight excluding hydrogens is 473 g/mol. The second kappa shape index (κ2) is 9.60. The Bertz CT molecular complexity index is 1070. The van der Waals surface area contributed by atoms with Crippen molar-refractivity contribution in [2.75, 3.05) is 12.4 Å². The van der Waals surface area contributed by atoms with Gasteiger partial charge < -0.3 is 15.0 Å². The minimum atomic E-state index is -0.635. The van der Waals surface area contributed by atoms with Gasteiger partial charge in [-0.25, -0.2) is 14.6 Å². The van der Waals surface area contributed by atoms with E-state index in [4.69, 9.17) is 27.9 Å². The number of rotatable bonds is 6. The highest BCUT2D eigenvalue weighted by atomic mass is 35.5. The first-order valence-corrected chi connectivity index (χ1v) is 10.8. The predicted octanol–water partition coefficient (Wildman–Crippen LogP) is 3.90. The van der Waals surface area contributed by atoms with Gasteiger partial charge in [0.1, 0.15) is 5.69 Å². The first-order valence-electron chi connectivity index (χ1n) is 8.46. The number of aryl methyl sites for hydroxylation is 2. The molecule has 0 aliphatic rings. The van der Waals surface area contributed by atoms with E-state index in [-0.39, 0.29) is 17.4 Å². The Morgan fingerprint density at radius 2 is 2.10 bits per heavy atom. The highest BCUT2D eigenvalue weighted by Crippen LogP contribution is 2.28. The molecule has 3 aromatic heterocycles. The maximum Gasteiger partial charge on any atom is 0.415 e. The maximum atomic E-state index is 12.3. The average molecular weight is 490 g/mol. The van der Waals surface area contributed by atoms with Crippen LogP contribution in [0.2, 0.25) is 9.49 Å². The summed E-state index contributed by atoms with van der Waals surface area (Å²) in [7, 11) is 3.19. The number of urea groups is 1. The lowest BCUT2D eigenvalue weighted by Gasteiger charge is -2.14. The number of carbonyl (C=O) groups is 2. The van der Waals surface area contributed by atoms with Gasteiger partial charge >= 0.3 is 12.1 Å². The summed E-state index contributed by atoms with van der Waals surface area (Å²) in [5, 5.41) is 9.93. The smallest absolute Gasteiger partial charge is 0.405 e. The Balaban J connectivity index is 1.50. The molecule has 30 heavy (non-hydrogen) atoms. The number of nitrogens with zero attached hydrogens (tertiary/aromatic N) is 5. The predicted molar refractivity (Wildman–Crippen MR) is 116 cm³/mol. The Hall–Kier alpha value is -2.41. The molecule has 0 radical (unpaired) electrons. The molecule has 3 amide bonds. The van der Waals surface area contributed by atoms with E-state index in [0.29, 0.717) is 27.5 Å². The molecule has 0 aliphatic carbocycles. The molecule has 0 unspecified atom stereocenters. The van der Waals surface area contributed by atoms with Crippen molar-refractivity contribution >= 4 is 63.3 Å². The van der Waals surface area contributed by atoms with Crippen molar-refractivity contribution < 1.29 is 14.3 Å². The first kappa shape index (κ1) is 22.3. The second-order valence-corrected chi connectivity index (χ2v) is 8.99. The fourth-order valence-electron chi connectivity index (χ4n) is 2.29. The number of amides is 3. The van der Waals surface area contributed by atoms with Crippen LogP contribution in [-0.2, 0) is 20.1 Å². The molecule has 3 heterocycles. The highest BCUT2D eigenvalue weighted by molar-refractivity contribution is 7.16. The Morgan fingerprint density at radius 3 is 2.73 bits per heavy atom. The number of thiophene rings is 1. The third kappa shape index (κ3) is 5.59. The molecule has 0 spiro atoms. The van der Waals surface area contributed by atoms with Gasteiger partial charge in [-0.3, -0.25) is 10.00 Å². The van der Waals surface area contributed by atoms with Crippen LogP contribution in [0.25, 0.3) is 0 Å². The number of ether oxygens (including phenoxy) is 1. The van der Waals surface area contributed by atoms with E-state index in [2.05, 4.69) is 25.1 Å². The van der Waals surface area contributed by atoms with E-state index in [9.17, 15) is 9.59 Å². The normalized spacial score (nSPS) is 10.7. The van der Waals surface area contributed by atoms with Gasteiger partial charge in [0.2, 0.25) is 5.13 Å². The van der Waals surface area contributed by atoms with E-state index in [1.807, 2.05) is 6.07 Å². The SMILES string of the molecule is Cc1nn(C)c(Cl)c1OC(=O)N(C)Cc1nsc(NC(=O)NCc2ccc(Cl)s2)n1. The van der Waals surface area contributed by atoms with Crippen LogP contribution in [0.5, 0.6) is 5.75 Å². The van der Waals surface area contributed by atoms with E-state index in [0.717, 1.165) is 16.4 Å². The fraction of sp³-hybridized carbons (Fsp3) is 0.312. The molecule has 160 valence electrons. The largest absolute Gasteiger partial charge is 0.415 e. The zero-order valence-corrected chi connectivity index (χ0v) is 19.2. The topological polar surface area (TPSA) is 114 Å². The van der Waals surface area contributed by atoms with Gasteiger partial charge in [0.25, 0.3) is 0 Å². The van der Waals surface area contributed by atoms with Crippen LogP contribution in [0, 0.1) is 6.92 Å². The number of hydrogen-bond donors (Lipinski definition) is 2. The van der Waals surface area contributed by atoms with Crippen LogP contribution >= 0.6 is 46.1 Å². The zero-order valence-electron chi connectivity index (χ0n) is 16.1. The molecule has 0 aliphatic heterocycles. The highest BCUT2D eigenvalue weighted by Gasteiger charge is 2.20. The maximum absolute atomic E-state index is 12.3. The van der Waals surface area contributed by atoms with Crippen LogP contribution in [0.15, 0.2) is 12.1 Å². The Kier molecular flexibility index (Phi) is 7.13. The van der Waals surface area contributed by atoms with Crippen LogP contribution in [0.1, 0.15) is 16.4 Å². The standard InChI is InChI=1S/C16H17Cl2N7O3S2/c1-8-12(13(18)25(3)22-8)28-16(27)24(2)7-11-20-15(30-23-11)21-14(26)19-6-9-4-5-10(17)29-9/h4-5H,6-7H2,1-3H3,(H2,19,20,21,23,26). The average Bonchev–Trinajstić information content (AvgIpc) is 3.37. The molecule has 3 rings (SSSR count). The van der Waals surface area contributed by atoms with E-state index < -0.39 is 12.1 Å². The summed E-state index contributed by atoms with van der Waals surface area (Å²) >= 11 is 14.3. The first-order chi connectivity index (χ1) is 14.2.